The second kappa shape index (κ2) is 7.08. The van der Waals surface area contributed by atoms with Crippen LogP contribution in [0.15, 0.2) is 6.20 Å². The molecule has 1 aromatic heterocycles. The van der Waals surface area contributed by atoms with Gasteiger partial charge < -0.3 is 9.84 Å². The van der Waals surface area contributed by atoms with E-state index in [1.807, 2.05) is 17.9 Å². The lowest BCUT2D eigenvalue weighted by Gasteiger charge is -2.33. The monoisotopic (exact) mass is 308 g/mol. The molecule has 0 bridgehead atoms. The summed E-state index contributed by atoms with van der Waals surface area (Å²) in [5.41, 5.74) is 2.47. The zero-order valence-corrected chi connectivity index (χ0v) is 13.7. The highest BCUT2D eigenvalue weighted by atomic mass is 16.5. The Morgan fingerprint density at radius 3 is 2.73 bits per heavy atom. The van der Waals surface area contributed by atoms with E-state index in [1.54, 1.807) is 0 Å². The van der Waals surface area contributed by atoms with E-state index in [0.717, 1.165) is 58.8 Å². The molecule has 3 rings (SSSR count). The smallest absolute Gasteiger partial charge is 0.0794 e. The molecule has 6 heteroatoms. The summed E-state index contributed by atoms with van der Waals surface area (Å²) >= 11 is 0. The fraction of sp³-hybridized carbons (Fsp3) is 0.812. The molecular formula is C16H28N4O2. The maximum absolute atomic E-state index is 10.4. The van der Waals surface area contributed by atoms with Crippen LogP contribution in [0.2, 0.25) is 0 Å². The van der Waals surface area contributed by atoms with E-state index in [0.29, 0.717) is 6.04 Å². The Morgan fingerprint density at radius 1 is 1.27 bits per heavy atom. The minimum Gasteiger partial charge on any atom is -0.390 e. The van der Waals surface area contributed by atoms with Gasteiger partial charge in [-0.25, -0.2) is 0 Å². The van der Waals surface area contributed by atoms with Gasteiger partial charge in [-0.15, -0.1) is 0 Å². The molecule has 0 spiro atoms. The lowest BCUT2D eigenvalue weighted by atomic mass is 10.1. The average molecular weight is 308 g/mol. The molecule has 124 valence electrons. The van der Waals surface area contributed by atoms with Gasteiger partial charge in [0.05, 0.1) is 18.0 Å². The van der Waals surface area contributed by atoms with E-state index >= 15 is 0 Å². The summed E-state index contributed by atoms with van der Waals surface area (Å²) in [4.78, 5) is 4.82. The predicted molar refractivity (Wildman–Crippen MR) is 84.6 cm³/mol. The molecule has 1 atom stereocenters. The van der Waals surface area contributed by atoms with Gasteiger partial charge in [0, 0.05) is 59.0 Å². The van der Waals surface area contributed by atoms with Crippen molar-refractivity contribution in [3.05, 3.63) is 17.5 Å². The quantitative estimate of drug-likeness (QED) is 0.875. The average Bonchev–Trinajstić information content (AvgIpc) is 2.73. The van der Waals surface area contributed by atoms with Crippen molar-refractivity contribution in [1.29, 1.82) is 0 Å². The second-order valence-electron chi connectivity index (χ2n) is 6.63. The van der Waals surface area contributed by atoms with Crippen LogP contribution in [0, 0.1) is 6.92 Å². The summed E-state index contributed by atoms with van der Waals surface area (Å²) in [7, 11) is 1.99. The fourth-order valence-electron chi connectivity index (χ4n) is 3.62. The van der Waals surface area contributed by atoms with E-state index < -0.39 is 0 Å². The molecular weight excluding hydrogens is 280 g/mol. The molecule has 2 saturated heterocycles. The molecule has 6 nitrogen and oxygen atoms in total. The number of aliphatic hydroxyl groups is 1. The van der Waals surface area contributed by atoms with Crippen LogP contribution in [0.5, 0.6) is 0 Å². The van der Waals surface area contributed by atoms with Crippen molar-refractivity contribution >= 4 is 0 Å². The predicted octanol–water partition coefficient (Wildman–Crippen LogP) is 0.386. The van der Waals surface area contributed by atoms with Gasteiger partial charge in [-0.3, -0.25) is 14.5 Å². The molecule has 0 radical (unpaired) electrons. The van der Waals surface area contributed by atoms with Crippen LogP contribution in [-0.2, 0) is 18.3 Å². The van der Waals surface area contributed by atoms with E-state index in [4.69, 9.17) is 4.74 Å². The van der Waals surface area contributed by atoms with E-state index in [2.05, 4.69) is 21.8 Å². The summed E-state index contributed by atoms with van der Waals surface area (Å²) in [6, 6.07) is 0.571. The third kappa shape index (κ3) is 3.68. The van der Waals surface area contributed by atoms with Crippen molar-refractivity contribution in [3.8, 4) is 0 Å². The molecule has 22 heavy (non-hydrogen) atoms. The zero-order valence-electron chi connectivity index (χ0n) is 13.7. The minimum atomic E-state index is -0.279. The van der Waals surface area contributed by atoms with Crippen LogP contribution in [-0.4, -0.2) is 76.2 Å². The highest BCUT2D eigenvalue weighted by Crippen LogP contribution is 2.18. The normalized spacial score (nSPS) is 26.2. The Labute approximate surface area is 132 Å². The van der Waals surface area contributed by atoms with Crippen LogP contribution in [0.3, 0.4) is 0 Å². The Balaban J connectivity index is 1.61. The summed E-state index contributed by atoms with van der Waals surface area (Å²) in [5, 5.41) is 14.7. The fourth-order valence-corrected chi connectivity index (χ4v) is 3.62. The number of nitrogens with zero attached hydrogens (tertiary/aromatic N) is 4. The largest absolute Gasteiger partial charge is 0.390 e. The van der Waals surface area contributed by atoms with Crippen molar-refractivity contribution in [2.75, 3.05) is 39.4 Å². The summed E-state index contributed by atoms with van der Waals surface area (Å²) in [6.45, 7) is 8.23. The van der Waals surface area contributed by atoms with Gasteiger partial charge in [0.1, 0.15) is 0 Å². The molecule has 0 amide bonds. The number of β-amino-alcohol motifs (C(OH)–C–C–N with tert-alkyl or cyclic N) is 1. The SMILES string of the molecule is Cc1cnn(C)c1CN1CCN(C2CCOCC2)C[C@@H](O)C1. The highest BCUT2D eigenvalue weighted by molar-refractivity contribution is 5.15. The van der Waals surface area contributed by atoms with Crippen molar-refractivity contribution in [2.24, 2.45) is 7.05 Å². The summed E-state index contributed by atoms with van der Waals surface area (Å²) in [6.07, 6.45) is 3.82. The van der Waals surface area contributed by atoms with Crippen LogP contribution >= 0.6 is 0 Å². The van der Waals surface area contributed by atoms with E-state index in [1.165, 1.54) is 11.3 Å². The molecule has 0 saturated carbocycles. The van der Waals surface area contributed by atoms with Crippen LogP contribution < -0.4 is 0 Å². The first kappa shape index (κ1) is 15.9. The molecule has 0 aliphatic carbocycles. The maximum atomic E-state index is 10.4. The molecule has 0 aromatic carbocycles. The standard InChI is InChI=1S/C16H28N4O2/c1-13-9-17-18(2)16(13)12-19-5-6-20(11-15(21)10-19)14-3-7-22-8-4-14/h9,14-15,21H,3-8,10-12H2,1-2H3/t15-/m0/s1. The van der Waals surface area contributed by atoms with Crippen molar-refractivity contribution < 1.29 is 9.84 Å². The Kier molecular flexibility index (Phi) is 5.13. The number of aliphatic hydroxyl groups excluding tert-OH is 1. The number of rotatable bonds is 3. The van der Waals surface area contributed by atoms with Crippen LogP contribution in [0.4, 0.5) is 0 Å². The van der Waals surface area contributed by atoms with Gasteiger partial charge in [-0.05, 0) is 25.3 Å². The topological polar surface area (TPSA) is 53.8 Å². The third-order valence-electron chi connectivity index (χ3n) is 4.97. The summed E-state index contributed by atoms with van der Waals surface area (Å²) < 4.78 is 7.40. The highest BCUT2D eigenvalue weighted by Gasteiger charge is 2.28. The molecule has 0 unspecified atom stereocenters. The first-order valence-electron chi connectivity index (χ1n) is 8.33. The van der Waals surface area contributed by atoms with Gasteiger partial charge in [-0.2, -0.15) is 5.10 Å². The Morgan fingerprint density at radius 2 is 2.05 bits per heavy atom. The Bertz CT molecular complexity index is 465. The van der Waals surface area contributed by atoms with Gasteiger partial charge in [0.15, 0.2) is 0 Å². The molecule has 3 heterocycles. The number of hydrogen-bond acceptors (Lipinski definition) is 5. The van der Waals surface area contributed by atoms with Gasteiger partial charge >= 0.3 is 0 Å². The van der Waals surface area contributed by atoms with Crippen molar-refractivity contribution in [2.45, 2.75) is 38.5 Å². The van der Waals surface area contributed by atoms with E-state index in [-0.39, 0.29) is 6.10 Å². The lowest BCUT2D eigenvalue weighted by molar-refractivity contribution is 0.0217. The van der Waals surface area contributed by atoms with Crippen molar-refractivity contribution in [1.82, 2.24) is 19.6 Å². The first-order chi connectivity index (χ1) is 10.6. The molecule has 2 aliphatic rings. The molecule has 1 N–H and O–H groups in total. The van der Waals surface area contributed by atoms with Crippen molar-refractivity contribution in [3.63, 3.8) is 0 Å². The lowest BCUT2D eigenvalue weighted by Crippen LogP contribution is -2.43. The number of aromatic nitrogens is 2. The summed E-state index contributed by atoms with van der Waals surface area (Å²) in [5.74, 6) is 0. The van der Waals surface area contributed by atoms with Crippen LogP contribution in [0.1, 0.15) is 24.1 Å². The maximum Gasteiger partial charge on any atom is 0.0794 e. The number of aryl methyl sites for hydroxylation is 2. The van der Waals surface area contributed by atoms with Gasteiger partial charge in [-0.1, -0.05) is 0 Å². The van der Waals surface area contributed by atoms with Gasteiger partial charge in [0.25, 0.3) is 0 Å². The molecule has 1 aromatic rings. The number of ether oxygens (including phenoxy) is 1. The first-order valence-corrected chi connectivity index (χ1v) is 8.33. The van der Waals surface area contributed by atoms with Gasteiger partial charge in [0.2, 0.25) is 0 Å². The molecule has 2 fully saturated rings. The minimum absolute atomic E-state index is 0.279. The molecule has 2 aliphatic heterocycles. The second-order valence-corrected chi connectivity index (χ2v) is 6.63. The third-order valence-corrected chi connectivity index (χ3v) is 4.97. The van der Waals surface area contributed by atoms with Crippen LogP contribution in [0.25, 0.3) is 0 Å². The zero-order chi connectivity index (χ0) is 15.5. The van der Waals surface area contributed by atoms with E-state index in [9.17, 15) is 5.11 Å². The number of hydrogen-bond donors (Lipinski definition) is 1. The Hall–Kier alpha value is -0.950.